The topological polar surface area (TPSA) is 36.4 Å². The van der Waals surface area contributed by atoms with Gasteiger partial charge in [0.1, 0.15) is 5.15 Å². The summed E-state index contributed by atoms with van der Waals surface area (Å²) in [6, 6.07) is 4.63. The molecule has 1 aromatic heterocycles. The maximum Gasteiger partial charge on any atom is 0.254 e. The highest BCUT2D eigenvalue weighted by Crippen LogP contribution is 2.29. The SMILES string of the molecule is Cc1cc(C(=O)N2CCC3CCC(C2)N3C)cc(Cl)n1. The van der Waals surface area contributed by atoms with Gasteiger partial charge < -0.3 is 4.90 Å². The number of hydrogen-bond acceptors (Lipinski definition) is 3. The first kappa shape index (κ1) is 13.8. The van der Waals surface area contributed by atoms with E-state index in [0.717, 1.165) is 25.2 Å². The van der Waals surface area contributed by atoms with Crippen molar-refractivity contribution in [3.8, 4) is 0 Å². The van der Waals surface area contributed by atoms with Crippen LogP contribution in [0.3, 0.4) is 0 Å². The van der Waals surface area contributed by atoms with Crippen molar-refractivity contribution >= 4 is 17.5 Å². The van der Waals surface area contributed by atoms with Gasteiger partial charge in [0.2, 0.25) is 0 Å². The van der Waals surface area contributed by atoms with Gasteiger partial charge in [-0.15, -0.1) is 0 Å². The van der Waals surface area contributed by atoms with Gasteiger partial charge in [-0.25, -0.2) is 4.98 Å². The molecule has 2 unspecified atom stereocenters. The molecule has 3 rings (SSSR count). The van der Waals surface area contributed by atoms with Crippen molar-refractivity contribution in [2.45, 2.75) is 38.3 Å². The Labute approximate surface area is 124 Å². The smallest absolute Gasteiger partial charge is 0.254 e. The molecule has 0 aliphatic carbocycles. The lowest BCUT2D eigenvalue weighted by Gasteiger charge is -2.26. The maximum absolute atomic E-state index is 12.7. The van der Waals surface area contributed by atoms with Crippen LogP contribution in [-0.2, 0) is 0 Å². The van der Waals surface area contributed by atoms with Crippen LogP contribution in [0.4, 0.5) is 0 Å². The van der Waals surface area contributed by atoms with Gasteiger partial charge in [0.05, 0.1) is 0 Å². The minimum atomic E-state index is 0.0818. The third-order valence-electron chi connectivity index (χ3n) is 4.60. The Morgan fingerprint density at radius 2 is 2.05 bits per heavy atom. The van der Waals surface area contributed by atoms with Gasteiger partial charge in [-0.1, -0.05) is 11.6 Å². The first-order valence-corrected chi connectivity index (χ1v) is 7.58. The number of likely N-dealkylation sites (N-methyl/N-ethyl adjacent to an activating group) is 1. The van der Waals surface area contributed by atoms with Crippen LogP contribution in [0.15, 0.2) is 12.1 Å². The van der Waals surface area contributed by atoms with Crippen molar-refractivity contribution in [2.24, 2.45) is 0 Å². The molecule has 1 aromatic rings. The average molecular weight is 294 g/mol. The minimum Gasteiger partial charge on any atom is -0.337 e. The van der Waals surface area contributed by atoms with Crippen LogP contribution in [0.2, 0.25) is 5.15 Å². The predicted octanol–water partition coefficient (Wildman–Crippen LogP) is 2.35. The van der Waals surface area contributed by atoms with E-state index in [2.05, 4.69) is 16.9 Å². The lowest BCUT2D eigenvalue weighted by atomic mass is 10.1. The van der Waals surface area contributed by atoms with Gasteiger partial charge in [0.15, 0.2) is 0 Å². The first-order chi connectivity index (χ1) is 9.54. The maximum atomic E-state index is 12.7. The van der Waals surface area contributed by atoms with Crippen LogP contribution in [0.1, 0.15) is 35.3 Å². The zero-order chi connectivity index (χ0) is 14.3. The van der Waals surface area contributed by atoms with Crippen molar-refractivity contribution in [3.63, 3.8) is 0 Å². The summed E-state index contributed by atoms with van der Waals surface area (Å²) in [4.78, 5) is 21.2. The highest BCUT2D eigenvalue weighted by molar-refractivity contribution is 6.29. The molecule has 1 amide bonds. The van der Waals surface area contributed by atoms with E-state index in [1.165, 1.54) is 12.8 Å². The molecular weight excluding hydrogens is 274 g/mol. The quantitative estimate of drug-likeness (QED) is 0.746. The minimum absolute atomic E-state index is 0.0818. The third-order valence-corrected chi connectivity index (χ3v) is 4.80. The molecule has 0 N–H and O–H groups in total. The molecule has 20 heavy (non-hydrogen) atoms. The summed E-state index contributed by atoms with van der Waals surface area (Å²) in [6.07, 6.45) is 3.53. The van der Waals surface area contributed by atoms with Crippen molar-refractivity contribution in [1.82, 2.24) is 14.8 Å². The number of carbonyl (C=O) groups excluding carboxylic acids is 1. The Bertz CT molecular complexity index is 514. The van der Waals surface area contributed by atoms with Gasteiger partial charge in [0, 0.05) is 36.4 Å². The summed E-state index contributed by atoms with van der Waals surface area (Å²) in [5.74, 6) is 0.0818. The standard InChI is InChI=1S/C15H20ClN3O/c1-10-7-11(8-14(16)17-10)15(20)19-6-5-12-3-4-13(9-19)18(12)2/h7-8,12-13H,3-6,9H2,1-2H3. The second kappa shape index (κ2) is 5.34. The number of hydrogen-bond donors (Lipinski definition) is 0. The molecular formula is C15H20ClN3O. The number of nitrogens with zero attached hydrogens (tertiary/aromatic N) is 3. The summed E-state index contributed by atoms with van der Waals surface area (Å²) in [5.41, 5.74) is 1.44. The summed E-state index contributed by atoms with van der Waals surface area (Å²) in [5, 5.41) is 0.391. The van der Waals surface area contributed by atoms with E-state index in [9.17, 15) is 4.79 Å². The predicted molar refractivity (Wildman–Crippen MR) is 79.1 cm³/mol. The van der Waals surface area contributed by atoms with Crippen molar-refractivity contribution in [3.05, 3.63) is 28.5 Å². The highest BCUT2D eigenvalue weighted by atomic mass is 35.5. The average Bonchev–Trinajstić information content (AvgIpc) is 2.61. The van der Waals surface area contributed by atoms with E-state index < -0.39 is 0 Å². The van der Waals surface area contributed by atoms with Gasteiger partial charge >= 0.3 is 0 Å². The summed E-state index contributed by atoms with van der Waals surface area (Å²) >= 11 is 5.96. The Balaban J connectivity index is 1.80. The molecule has 5 heteroatoms. The molecule has 3 heterocycles. The van der Waals surface area contributed by atoms with Crippen LogP contribution in [0.25, 0.3) is 0 Å². The number of rotatable bonds is 1. The van der Waals surface area contributed by atoms with Crippen LogP contribution >= 0.6 is 11.6 Å². The molecule has 2 aliphatic heterocycles. The zero-order valence-electron chi connectivity index (χ0n) is 12.0. The lowest BCUT2D eigenvalue weighted by molar-refractivity contribution is 0.0740. The molecule has 0 saturated carbocycles. The molecule has 4 nitrogen and oxygen atoms in total. The number of carbonyl (C=O) groups is 1. The van der Waals surface area contributed by atoms with E-state index in [0.29, 0.717) is 22.8 Å². The van der Waals surface area contributed by atoms with Crippen molar-refractivity contribution < 1.29 is 4.79 Å². The number of aromatic nitrogens is 1. The van der Waals surface area contributed by atoms with Crippen molar-refractivity contribution in [1.29, 1.82) is 0 Å². The summed E-state index contributed by atoms with van der Waals surface area (Å²) in [6.45, 7) is 3.52. The Morgan fingerprint density at radius 3 is 2.80 bits per heavy atom. The van der Waals surface area contributed by atoms with E-state index >= 15 is 0 Å². The Kier molecular flexibility index (Phi) is 3.69. The number of likely N-dealkylation sites (tertiary alicyclic amines) is 1. The number of halogens is 1. The van der Waals surface area contributed by atoms with E-state index in [1.54, 1.807) is 6.07 Å². The second-order valence-electron chi connectivity index (χ2n) is 5.91. The number of pyridine rings is 1. The number of fused-ring (bicyclic) bond motifs is 2. The molecule has 2 fully saturated rings. The first-order valence-electron chi connectivity index (χ1n) is 7.20. The fraction of sp³-hybridized carbons (Fsp3) is 0.600. The van der Waals surface area contributed by atoms with E-state index in [-0.39, 0.29) is 5.91 Å². The highest BCUT2D eigenvalue weighted by Gasteiger charge is 2.36. The van der Waals surface area contributed by atoms with Gasteiger partial charge in [-0.05, 0) is 45.4 Å². The second-order valence-corrected chi connectivity index (χ2v) is 6.30. The van der Waals surface area contributed by atoms with Crippen LogP contribution in [-0.4, -0.2) is 52.9 Å². The summed E-state index contributed by atoms with van der Waals surface area (Å²) in [7, 11) is 2.18. The molecule has 108 valence electrons. The van der Waals surface area contributed by atoms with E-state index in [4.69, 9.17) is 11.6 Å². The molecule has 0 radical (unpaired) electrons. The largest absolute Gasteiger partial charge is 0.337 e. The van der Waals surface area contributed by atoms with Crippen LogP contribution < -0.4 is 0 Å². The van der Waals surface area contributed by atoms with Crippen molar-refractivity contribution in [2.75, 3.05) is 20.1 Å². The third kappa shape index (κ3) is 2.54. The number of aryl methyl sites for hydroxylation is 1. The lowest BCUT2D eigenvalue weighted by Crippen LogP contribution is -2.39. The Morgan fingerprint density at radius 1 is 1.30 bits per heavy atom. The monoisotopic (exact) mass is 293 g/mol. The van der Waals surface area contributed by atoms with Gasteiger partial charge in [0.25, 0.3) is 5.91 Å². The van der Waals surface area contributed by atoms with Gasteiger partial charge in [-0.2, -0.15) is 0 Å². The Hall–Kier alpha value is -1.13. The summed E-state index contributed by atoms with van der Waals surface area (Å²) < 4.78 is 0. The molecule has 2 saturated heterocycles. The van der Waals surface area contributed by atoms with E-state index in [1.807, 2.05) is 17.9 Å². The number of amides is 1. The molecule has 2 atom stereocenters. The fourth-order valence-corrected chi connectivity index (χ4v) is 3.68. The van der Waals surface area contributed by atoms with Crippen LogP contribution in [0.5, 0.6) is 0 Å². The zero-order valence-corrected chi connectivity index (χ0v) is 12.7. The molecule has 2 bridgehead atoms. The fourth-order valence-electron chi connectivity index (χ4n) is 3.43. The van der Waals surface area contributed by atoms with Crippen LogP contribution in [0, 0.1) is 6.92 Å². The van der Waals surface area contributed by atoms with Gasteiger partial charge in [-0.3, -0.25) is 9.69 Å². The molecule has 0 spiro atoms. The normalized spacial score (nSPS) is 26.6. The molecule has 2 aliphatic rings. The molecule has 0 aromatic carbocycles.